The van der Waals surface area contributed by atoms with Crippen LogP contribution >= 0.6 is 0 Å². The number of piperazine rings is 1. The molecule has 0 radical (unpaired) electrons. The van der Waals surface area contributed by atoms with Crippen molar-refractivity contribution in [3.8, 4) is 0 Å². The van der Waals surface area contributed by atoms with Gasteiger partial charge in [-0.25, -0.2) is 0 Å². The first-order chi connectivity index (χ1) is 13.7. The summed E-state index contributed by atoms with van der Waals surface area (Å²) in [6.45, 7) is 4.52. The van der Waals surface area contributed by atoms with Crippen molar-refractivity contribution in [3.05, 3.63) is 70.8 Å². The fourth-order valence-corrected chi connectivity index (χ4v) is 3.60. The van der Waals surface area contributed by atoms with Gasteiger partial charge in [-0.3, -0.25) is 24.2 Å². The van der Waals surface area contributed by atoms with Crippen LogP contribution in [0.2, 0.25) is 0 Å². The molecule has 0 unspecified atom stereocenters. The Kier molecular flexibility index (Phi) is 5.43. The molecule has 1 saturated heterocycles. The standard InChI is InChI=1S/C21H23N5O2/c27-20-15-23-26(19-6-2-1-5-18(19)20)9-7-21(28)25-12-10-24(11-13-25)16-17-4-3-8-22-14-17/h1-6,8,14-15H,7,9-13,16H2. The molecule has 3 aromatic rings. The van der Waals surface area contributed by atoms with Gasteiger partial charge < -0.3 is 4.90 Å². The Morgan fingerprint density at radius 2 is 1.82 bits per heavy atom. The van der Waals surface area contributed by atoms with E-state index in [1.807, 2.05) is 35.4 Å². The van der Waals surface area contributed by atoms with E-state index in [1.165, 1.54) is 11.8 Å². The lowest BCUT2D eigenvalue weighted by Gasteiger charge is -2.34. The van der Waals surface area contributed by atoms with Crippen LogP contribution in [-0.2, 0) is 17.9 Å². The largest absolute Gasteiger partial charge is 0.340 e. The number of fused-ring (bicyclic) bond motifs is 1. The van der Waals surface area contributed by atoms with Crippen molar-refractivity contribution in [2.75, 3.05) is 26.2 Å². The van der Waals surface area contributed by atoms with Crippen molar-refractivity contribution in [2.24, 2.45) is 0 Å². The number of rotatable bonds is 5. The lowest BCUT2D eigenvalue weighted by Crippen LogP contribution is -2.48. The minimum Gasteiger partial charge on any atom is -0.340 e. The Morgan fingerprint density at radius 1 is 1.00 bits per heavy atom. The number of carbonyl (C=O) groups excluding carboxylic acids is 1. The summed E-state index contributed by atoms with van der Waals surface area (Å²) in [4.78, 5) is 33.0. The highest BCUT2D eigenvalue weighted by Crippen LogP contribution is 2.11. The van der Waals surface area contributed by atoms with Crippen LogP contribution in [0.15, 0.2) is 59.8 Å². The number of benzene rings is 1. The third kappa shape index (κ3) is 4.09. The summed E-state index contributed by atoms with van der Waals surface area (Å²) < 4.78 is 1.74. The molecule has 28 heavy (non-hydrogen) atoms. The van der Waals surface area contributed by atoms with Gasteiger partial charge in [-0.15, -0.1) is 0 Å². The van der Waals surface area contributed by atoms with Gasteiger partial charge >= 0.3 is 0 Å². The Balaban J connectivity index is 1.32. The predicted molar refractivity (Wildman–Crippen MR) is 107 cm³/mol. The van der Waals surface area contributed by atoms with Crippen molar-refractivity contribution >= 4 is 16.8 Å². The Labute approximate surface area is 163 Å². The molecule has 4 rings (SSSR count). The maximum Gasteiger partial charge on any atom is 0.224 e. The summed E-state index contributed by atoms with van der Waals surface area (Å²) in [7, 11) is 0. The average molecular weight is 377 g/mol. The van der Waals surface area contributed by atoms with Crippen molar-refractivity contribution in [3.63, 3.8) is 0 Å². The molecule has 0 N–H and O–H groups in total. The minimum absolute atomic E-state index is 0.0945. The molecule has 3 heterocycles. The summed E-state index contributed by atoms with van der Waals surface area (Å²) in [5.74, 6) is 0.130. The summed E-state index contributed by atoms with van der Waals surface area (Å²) in [6, 6.07) is 11.4. The highest BCUT2D eigenvalue weighted by Gasteiger charge is 2.21. The van der Waals surface area contributed by atoms with Crippen LogP contribution in [0.5, 0.6) is 0 Å². The third-order valence-electron chi connectivity index (χ3n) is 5.15. The molecule has 2 aromatic heterocycles. The highest BCUT2D eigenvalue weighted by atomic mass is 16.2. The van der Waals surface area contributed by atoms with Gasteiger partial charge in [0.2, 0.25) is 11.3 Å². The van der Waals surface area contributed by atoms with E-state index in [1.54, 1.807) is 16.9 Å². The second-order valence-corrected chi connectivity index (χ2v) is 7.02. The SMILES string of the molecule is O=C(CCn1ncc(=O)c2ccccc21)N1CCN(Cc2cccnc2)CC1. The van der Waals surface area contributed by atoms with Crippen LogP contribution < -0.4 is 5.43 Å². The highest BCUT2D eigenvalue weighted by molar-refractivity contribution is 5.79. The predicted octanol–water partition coefficient (Wildman–Crippen LogP) is 1.53. The normalized spacial score (nSPS) is 15.1. The molecule has 1 aliphatic heterocycles. The van der Waals surface area contributed by atoms with E-state index in [2.05, 4.69) is 21.0 Å². The molecule has 1 amide bonds. The van der Waals surface area contributed by atoms with Gasteiger partial charge in [0.15, 0.2) is 0 Å². The van der Waals surface area contributed by atoms with Crippen LogP contribution in [0, 0.1) is 0 Å². The molecule has 1 fully saturated rings. The number of aryl methyl sites for hydroxylation is 1. The van der Waals surface area contributed by atoms with Crippen LogP contribution in [-0.4, -0.2) is 56.7 Å². The van der Waals surface area contributed by atoms with E-state index in [9.17, 15) is 9.59 Å². The van der Waals surface area contributed by atoms with Gasteiger partial charge in [-0.05, 0) is 23.8 Å². The number of aromatic nitrogens is 3. The molecule has 0 saturated carbocycles. The zero-order chi connectivity index (χ0) is 19.3. The van der Waals surface area contributed by atoms with Crippen LogP contribution in [0.1, 0.15) is 12.0 Å². The lowest BCUT2D eigenvalue weighted by atomic mass is 10.2. The number of hydrogen-bond donors (Lipinski definition) is 0. The second kappa shape index (κ2) is 8.31. The summed E-state index contributed by atoms with van der Waals surface area (Å²) in [5, 5.41) is 4.83. The van der Waals surface area contributed by atoms with E-state index in [-0.39, 0.29) is 11.3 Å². The number of nitrogens with zero attached hydrogens (tertiary/aromatic N) is 5. The zero-order valence-corrected chi connectivity index (χ0v) is 15.7. The number of hydrogen-bond acceptors (Lipinski definition) is 5. The van der Waals surface area contributed by atoms with E-state index < -0.39 is 0 Å². The molecular weight excluding hydrogens is 354 g/mol. The number of pyridine rings is 1. The fourth-order valence-electron chi connectivity index (χ4n) is 3.60. The van der Waals surface area contributed by atoms with Gasteiger partial charge in [-0.1, -0.05) is 18.2 Å². The van der Waals surface area contributed by atoms with Crippen LogP contribution in [0.4, 0.5) is 0 Å². The zero-order valence-electron chi connectivity index (χ0n) is 15.7. The van der Waals surface area contributed by atoms with Crippen molar-refractivity contribution in [1.29, 1.82) is 0 Å². The van der Waals surface area contributed by atoms with Gasteiger partial charge in [0.25, 0.3) is 0 Å². The third-order valence-corrected chi connectivity index (χ3v) is 5.15. The van der Waals surface area contributed by atoms with Gasteiger partial charge in [0, 0.05) is 56.9 Å². The monoisotopic (exact) mass is 377 g/mol. The van der Waals surface area contributed by atoms with Gasteiger partial charge in [-0.2, -0.15) is 5.10 Å². The van der Waals surface area contributed by atoms with Crippen LogP contribution in [0.25, 0.3) is 10.9 Å². The molecule has 1 aromatic carbocycles. The Bertz CT molecular complexity index is 1010. The van der Waals surface area contributed by atoms with Crippen molar-refractivity contribution < 1.29 is 4.79 Å². The van der Waals surface area contributed by atoms with E-state index in [0.29, 0.717) is 18.4 Å². The molecule has 1 aliphatic rings. The Morgan fingerprint density at radius 3 is 2.61 bits per heavy atom. The topological polar surface area (TPSA) is 71.3 Å². The van der Waals surface area contributed by atoms with E-state index in [4.69, 9.17) is 0 Å². The molecule has 0 aliphatic carbocycles. The smallest absolute Gasteiger partial charge is 0.224 e. The summed E-state index contributed by atoms with van der Waals surface area (Å²) in [5.41, 5.74) is 1.87. The molecule has 144 valence electrons. The van der Waals surface area contributed by atoms with E-state index in [0.717, 1.165) is 38.2 Å². The molecule has 0 atom stereocenters. The molecule has 0 spiro atoms. The first kappa shape index (κ1) is 18.3. The second-order valence-electron chi connectivity index (χ2n) is 7.02. The lowest BCUT2D eigenvalue weighted by molar-refractivity contribution is -0.133. The van der Waals surface area contributed by atoms with Gasteiger partial charge in [0.1, 0.15) is 0 Å². The summed E-state index contributed by atoms with van der Waals surface area (Å²) in [6.07, 6.45) is 5.37. The van der Waals surface area contributed by atoms with Crippen LogP contribution in [0.3, 0.4) is 0 Å². The first-order valence-electron chi connectivity index (χ1n) is 9.54. The quantitative estimate of drug-likeness (QED) is 0.674. The average Bonchev–Trinajstić information content (AvgIpc) is 2.74. The number of para-hydroxylation sites is 1. The molecule has 7 nitrogen and oxygen atoms in total. The van der Waals surface area contributed by atoms with Gasteiger partial charge in [0.05, 0.1) is 18.3 Å². The number of amides is 1. The molecule has 0 bridgehead atoms. The van der Waals surface area contributed by atoms with Crippen molar-refractivity contribution in [2.45, 2.75) is 19.5 Å². The van der Waals surface area contributed by atoms with Crippen molar-refractivity contribution in [1.82, 2.24) is 24.6 Å². The van der Waals surface area contributed by atoms with E-state index >= 15 is 0 Å². The summed E-state index contributed by atoms with van der Waals surface area (Å²) >= 11 is 0. The minimum atomic E-state index is -0.0945. The number of carbonyl (C=O) groups is 1. The Hall–Kier alpha value is -3.06. The maximum absolute atomic E-state index is 12.6. The first-order valence-corrected chi connectivity index (χ1v) is 9.54. The molecular formula is C21H23N5O2. The molecule has 7 heteroatoms. The fraction of sp³-hybridized carbons (Fsp3) is 0.333. The maximum atomic E-state index is 12.6.